The Morgan fingerprint density at radius 3 is 2.79 bits per heavy atom. The van der Waals surface area contributed by atoms with Crippen molar-refractivity contribution in [3.05, 3.63) is 47.1 Å². The van der Waals surface area contributed by atoms with E-state index in [4.69, 9.17) is 27.3 Å². The number of ether oxygens (including phenoxy) is 1. The second kappa shape index (κ2) is 8.01. The summed E-state index contributed by atoms with van der Waals surface area (Å²) in [6.07, 6.45) is 0. The van der Waals surface area contributed by atoms with Crippen molar-refractivity contribution in [1.29, 1.82) is 10.9 Å². The normalized spacial score (nSPS) is 10.5. The van der Waals surface area contributed by atoms with E-state index in [9.17, 15) is 4.79 Å². The topological polar surface area (TPSA) is 132 Å². The lowest BCUT2D eigenvalue weighted by Crippen LogP contribution is -2.27. The van der Waals surface area contributed by atoms with Crippen LogP contribution < -0.4 is 10.1 Å². The first-order valence-electron chi connectivity index (χ1n) is 8.14. The summed E-state index contributed by atoms with van der Waals surface area (Å²) in [6.45, 7) is 1.44. The zero-order valence-electron chi connectivity index (χ0n) is 15.1. The quantitative estimate of drug-likeness (QED) is 0.261. The third-order valence-corrected chi connectivity index (χ3v) is 4.04. The largest absolute Gasteiger partial charge is 0.458 e. The number of hydrogen-bond acceptors (Lipinski definition) is 7. The smallest absolute Gasteiger partial charge is 0.304 e. The van der Waals surface area contributed by atoms with Crippen LogP contribution >= 0.6 is 11.6 Å². The van der Waals surface area contributed by atoms with E-state index in [0.717, 1.165) is 5.01 Å². The molecular weight excluding hydrogens is 384 g/mol. The van der Waals surface area contributed by atoms with Crippen LogP contribution in [-0.4, -0.2) is 38.5 Å². The summed E-state index contributed by atoms with van der Waals surface area (Å²) in [6, 6.07) is 10.4. The van der Waals surface area contributed by atoms with E-state index in [2.05, 4.69) is 20.5 Å². The summed E-state index contributed by atoms with van der Waals surface area (Å²) < 4.78 is 7.19. The third kappa shape index (κ3) is 3.91. The molecule has 0 aliphatic rings. The SMILES string of the molecule is CC(=O)Nc1cccc(COc2nc3c(Cl)cccc3n2C(=N)N(C)N=N)n1. The van der Waals surface area contributed by atoms with Gasteiger partial charge in [0.1, 0.15) is 17.9 Å². The number of halogens is 1. The van der Waals surface area contributed by atoms with Gasteiger partial charge in [-0.2, -0.15) is 10.5 Å². The van der Waals surface area contributed by atoms with Gasteiger partial charge >= 0.3 is 6.01 Å². The first kappa shape index (κ1) is 19.2. The van der Waals surface area contributed by atoms with Crippen molar-refractivity contribution >= 4 is 40.3 Å². The number of benzene rings is 1. The highest BCUT2D eigenvalue weighted by Gasteiger charge is 2.20. The lowest BCUT2D eigenvalue weighted by molar-refractivity contribution is -0.114. The molecule has 2 heterocycles. The van der Waals surface area contributed by atoms with E-state index in [-0.39, 0.29) is 24.5 Å². The molecule has 0 fully saturated rings. The Morgan fingerprint density at radius 1 is 1.32 bits per heavy atom. The van der Waals surface area contributed by atoms with Crippen LogP contribution in [-0.2, 0) is 11.4 Å². The van der Waals surface area contributed by atoms with Crippen molar-refractivity contribution in [2.75, 3.05) is 12.4 Å². The summed E-state index contributed by atoms with van der Waals surface area (Å²) in [4.78, 5) is 19.9. The average Bonchev–Trinajstić information content (AvgIpc) is 3.04. The molecular formula is C17H17ClN8O2. The molecule has 1 amide bonds. The van der Waals surface area contributed by atoms with Gasteiger partial charge in [-0.3, -0.25) is 10.2 Å². The van der Waals surface area contributed by atoms with E-state index in [1.807, 2.05) is 0 Å². The van der Waals surface area contributed by atoms with Crippen molar-refractivity contribution < 1.29 is 9.53 Å². The van der Waals surface area contributed by atoms with Gasteiger partial charge in [0.25, 0.3) is 0 Å². The fraction of sp³-hybridized carbons (Fsp3) is 0.176. The van der Waals surface area contributed by atoms with Crippen molar-refractivity contribution in [1.82, 2.24) is 19.5 Å². The van der Waals surface area contributed by atoms with Crippen molar-refractivity contribution in [2.45, 2.75) is 13.5 Å². The van der Waals surface area contributed by atoms with E-state index in [0.29, 0.717) is 27.6 Å². The Labute approximate surface area is 165 Å². The third-order valence-electron chi connectivity index (χ3n) is 3.73. The molecule has 0 spiro atoms. The van der Waals surface area contributed by atoms with Crippen LogP contribution in [0.2, 0.25) is 5.02 Å². The molecule has 0 unspecified atom stereocenters. The molecule has 0 aliphatic heterocycles. The summed E-state index contributed by atoms with van der Waals surface area (Å²) in [5, 5.41) is 15.6. The van der Waals surface area contributed by atoms with Gasteiger partial charge in [0.05, 0.1) is 16.2 Å². The Morgan fingerprint density at radius 2 is 2.07 bits per heavy atom. The number of carbonyl (C=O) groups excluding carboxylic acids is 1. The monoisotopic (exact) mass is 400 g/mol. The van der Waals surface area contributed by atoms with Gasteiger partial charge in [-0.05, 0) is 24.3 Å². The zero-order chi connectivity index (χ0) is 20.3. The molecule has 3 aromatic rings. The highest BCUT2D eigenvalue weighted by atomic mass is 35.5. The predicted octanol–water partition coefficient (Wildman–Crippen LogP) is 3.28. The molecule has 144 valence electrons. The number of para-hydroxylation sites is 1. The van der Waals surface area contributed by atoms with Gasteiger partial charge in [-0.25, -0.2) is 14.6 Å². The molecule has 0 bridgehead atoms. The molecule has 0 saturated carbocycles. The van der Waals surface area contributed by atoms with E-state index < -0.39 is 0 Å². The van der Waals surface area contributed by atoms with Gasteiger partial charge in [0.15, 0.2) is 0 Å². The summed E-state index contributed by atoms with van der Waals surface area (Å²) in [5.41, 5.74) is 8.70. The Balaban J connectivity index is 1.94. The predicted molar refractivity (Wildman–Crippen MR) is 104 cm³/mol. The summed E-state index contributed by atoms with van der Waals surface area (Å²) in [7, 11) is 1.47. The molecule has 3 N–H and O–H groups in total. The molecule has 28 heavy (non-hydrogen) atoms. The van der Waals surface area contributed by atoms with Crippen molar-refractivity contribution in [2.24, 2.45) is 5.22 Å². The van der Waals surface area contributed by atoms with Crippen LogP contribution in [0.1, 0.15) is 12.6 Å². The second-order valence-electron chi connectivity index (χ2n) is 5.77. The second-order valence-corrected chi connectivity index (χ2v) is 6.18. The highest BCUT2D eigenvalue weighted by Crippen LogP contribution is 2.28. The number of nitrogens with one attached hydrogen (secondary N) is 3. The molecule has 11 heteroatoms. The maximum atomic E-state index is 11.2. The van der Waals surface area contributed by atoms with Crippen molar-refractivity contribution in [3.63, 3.8) is 0 Å². The molecule has 0 radical (unpaired) electrons. The van der Waals surface area contributed by atoms with Crippen LogP contribution in [0.5, 0.6) is 6.01 Å². The number of aromatic nitrogens is 3. The fourth-order valence-corrected chi connectivity index (χ4v) is 2.70. The van der Waals surface area contributed by atoms with E-state index in [1.54, 1.807) is 36.4 Å². The molecule has 1 aromatic carbocycles. The number of imidazole rings is 1. The Hall–Kier alpha value is -3.53. The maximum absolute atomic E-state index is 11.2. The number of amides is 1. The number of hydrogen-bond donors (Lipinski definition) is 3. The molecule has 0 saturated heterocycles. The van der Waals surface area contributed by atoms with E-state index >= 15 is 0 Å². The fourth-order valence-electron chi connectivity index (χ4n) is 2.49. The van der Waals surface area contributed by atoms with Gasteiger partial charge in [-0.15, -0.1) is 0 Å². The lowest BCUT2D eigenvalue weighted by Gasteiger charge is -2.15. The van der Waals surface area contributed by atoms with Gasteiger partial charge < -0.3 is 10.1 Å². The number of anilines is 1. The highest BCUT2D eigenvalue weighted by molar-refractivity contribution is 6.35. The lowest BCUT2D eigenvalue weighted by atomic mass is 10.3. The van der Waals surface area contributed by atoms with Crippen molar-refractivity contribution in [3.8, 4) is 6.01 Å². The molecule has 10 nitrogen and oxygen atoms in total. The minimum Gasteiger partial charge on any atom is -0.458 e. The van der Waals surface area contributed by atoms with Crippen LogP contribution in [0.3, 0.4) is 0 Å². The summed E-state index contributed by atoms with van der Waals surface area (Å²) in [5.74, 6) is 0.0537. The van der Waals surface area contributed by atoms with Crippen LogP contribution in [0.15, 0.2) is 41.6 Å². The number of pyridine rings is 1. The van der Waals surface area contributed by atoms with Crippen LogP contribution in [0.25, 0.3) is 11.0 Å². The van der Waals surface area contributed by atoms with Crippen LogP contribution in [0, 0.1) is 10.9 Å². The average molecular weight is 401 g/mol. The number of fused-ring (bicyclic) bond motifs is 1. The maximum Gasteiger partial charge on any atom is 0.304 e. The number of nitrogens with zero attached hydrogens (tertiary/aromatic N) is 5. The Bertz CT molecular complexity index is 1060. The molecule has 2 aromatic heterocycles. The molecule has 0 aliphatic carbocycles. The minimum atomic E-state index is -0.224. The molecule has 0 atom stereocenters. The zero-order valence-corrected chi connectivity index (χ0v) is 15.9. The molecule has 3 rings (SSSR count). The first-order chi connectivity index (χ1) is 13.4. The number of rotatable bonds is 5. The van der Waals surface area contributed by atoms with Gasteiger partial charge in [-0.1, -0.05) is 29.0 Å². The minimum absolute atomic E-state index is 0.0450. The van der Waals surface area contributed by atoms with Crippen LogP contribution in [0.4, 0.5) is 5.82 Å². The Kier molecular flexibility index (Phi) is 5.50. The van der Waals surface area contributed by atoms with Gasteiger partial charge in [0.2, 0.25) is 11.9 Å². The standard InChI is InChI=1S/C17H17ClN8O2/c1-10(27)21-14-8-3-5-11(22-14)9-28-17-23-15-12(18)6-4-7-13(15)26(17)16(19)25(2)24-20/h3-8,19-20H,9H2,1-2H3,(H,21,22,27). The summed E-state index contributed by atoms with van der Waals surface area (Å²) >= 11 is 6.22. The number of carbonyl (C=O) groups is 1. The first-order valence-corrected chi connectivity index (χ1v) is 8.52. The van der Waals surface area contributed by atoms with E-state index in [1.165, 1.54) is 18.5 Å². The van der Waals surface area contributed by atoms with Gasteiger partial charge in [0, 0.05) is 14.0 Å².